The van der Waals surface area contributed by atoms with E-state index >= 15 is 0 Å². The van der Waals surface area contributed by atoms with Crippen LogP contribution < -0.4 is 0 Å². The second kappa shape index (κ2) is 8.83. The van der Waals surface area contributed by atoms with E-state index in [1.807, 2.05) is 19.1 Å². The highest BCUT2D eigenvalue weighted by atomic mass is 35.5. The van der Waals surface area contributed by atoms with Crippen LogP contribution in [0.4, 0.5) is 0 Å². The third kappa shape index (κ3) is 4.71. The lowest BCUT2D eigenvalue weighted by Gasteiger charge is -1.97. The fourth-order valence-corrected chi connectivity index (χ4v) is 2.95. The van der Waals surface area contributed by atoms with E-state index in [0.29, 0.717) is 5.15 Å². The molecule has 0 N–H and O–H groups in total. The fourth-order valence-electron chi connectivity index (χ4n) is 2.73. The van der Waals surface area contributed by atoms with Crippen LogP contribution in [0.5, 0.6) is 0 Å². The molecule has 0 unspecified atom stereocenters. The van der Waals surface area contributed by atoms with Gasteiger partial charge in [0.1, 0.15) is 17.8 Å². The molecule has 0 bridgehead atoms. The van der Waals surface area contributed by atoms with Crippen molar-refractivity contribution in [2.45, 2.75) is 32.6 Å². The van der Waals surface area contributed by atoms with Gasteiger partial charge in [0.2, 0.25) is 0 Å². The minimum atomic E-state index is 0.554. The highest BCUT2D eigenvalue weighted by Gasteiger charge is 2.09. The lowest BCUT2D eigenvalue weighted by atomic mass is 10.2. The SMILES string of the molecule is C1CCOC1.Cc1ncnc2c1C=CC2.Clc1ncnc2c1C=CC2. The van der Waals surface area contributed by atoms with E-state index in [-0.39, 0.29) is 0 Å². The van der Waals surface area contributed by atoms with Crippen LogP contribution in [0.1, 0.15) is 41.1 Å². The van der Waals surface area contributed by atoms with Crippen LogP contribution in [-0.4, -0.2) is 33.1 Å². The Morgan fingerprint density at radius 1 is 0.840 bits per heavy atom. The molecule has 3 aliphatic rings. The third-order valence-corrected chi connectivity index (χ3v) is 4.40. The number of ether oxygens (including phenoxy) is 1. The summed E-state index contributed by atoms with van der Waals surface area (Å²) in [6.07, 6.45) is 15.7. The summed E-state index contributed by atoms with van der Waals surface area (Å²) in [4.78, 5) is 16.2. The summed E-state index contributed by atoms with van der Waals surface area (Å²) in [7, 11) is 0. The Kier molecular flexibility index (Phi) is 6.25. The fraction of sp³-hybridized carbons (Fsp3) is 0.368. The molecule has 130 valence electrons. The van der Waals surface area contributed by atoms with Gasteiger partial charge in [-0.3, -0.25) is 0 Å². The van der Waals surface area contributed by atoms with Gasteiger partial charge < -0.3 is 4.74 Å². The molecule has 5 nitrogen and oxygen atoms in total. The van der Waals surface area contributed by atoms with Crippen molar-refractivity contribution in [1.82, 2.24) is 19.9 Å². The summed E-state index contributed by atoms with van der Waals surface area (Å²) in [5, 5.41) is 0.554. The van der Waals surface area contributed by atoms with Crippen LogP contribution in [0.3, 0.4) is 0 Å². The third-order valence-electron chi connectivity index (χ3n) is 4.10. The van der Waals surface area contributed by atoms with Gasteiger partial charge in [-0.15, -0.1) is 0 Å². The largest absolute Gasteiger partial charge is 0.381 e. The molecule has 2 aromatic heterocycles. The van der Waals surface area contributed by atoms with Gasteiger partial charge in [0.15, 0.2) is 0 Å². The molecule has 6 heteroatoms. The Hall–Kier alpha value is -2.11. The number of hydrogen-bond donors (Lipinski definition) is 0. The zero-order valence-corrected chi connectivity index (χ0v) is 15.0. The lowest BCUT2D eigenvalue weighted by molar-refractivity contribution is 0.198. The number of allylic oxidation sites excluding steroid dienone is 2. The Labute approximate surface area is 152 Å². The highest BCUT2D eigenvalue weighted by molar-refractivity contribution is 6.31. The molecule has 0 saturated carbocycles. The van der Waals surface area contributed by atoms with Crippen LogP contribution in [0, 0.1) is 6.92 Å². The Balaban J connectivity index is 0.000000116. The van der Waals surface area contributed by atoms with Crippen LogP contribution in [-0.2, 0) is 17.6 Å². The molecule has 5 rings (SSSR count). The van der Waals surface area contributed by atoms with Crippen molar-refractivity contribution >= 4 is 23.8 Å². The molecule has 0 radical (unpaired) electrons. The van der Waals surface area contributed by atoms with E-state index in [4.69, 9.17) is 16.3 Å². The Morgan fingerprint density at radius 3 is 2.00 bits per heavy atom. The van der Waals surface area contributed by atoms with Crippen molar-refractivity contribution in [2.24, 2.45) is 0 Å². The maximum absolute atomic E-state index is 5.77. The number of fused-ring (bicyclic) bond motifs is 2. The quantitative estimate of drug-likeness (QED) is 0.671. The van der Waals surface area contributed by atoms with E-state index in [1.165, 1.54) is 24.7 Å². The molecule has 2 aliphatic carbocycles. The topological polar surface area (TPSA) is 60.8 Å². The van der Waals surface area contributed by atoms with Crippen molar-refractivity contribution in [3.05, 3.63) is 58.2 Å². The van der Waals surface area contributed by atoms with E-state index in [2.05, 4.69) is 32.1 Å². The van der Waals surface area contributed by atoms with Crippen molar-refractivity contribution in [2.75, 3.05) is 13.2 Å². The van der Waals surface area contributed by atoms with Crippen LogP contribution >= 0.6 is 11.6 Å². The van der Waals surface area contributed by atoms with E-state index in [9.17, 15) is 0 Å². The van der Waals surface area contributed by atoms with Gasteiger partial charge in [0.25, 0.3) is 0 Å². The van der Waals surface area contributed by atoms with Gasteiger partial charge in [-0.1, -0.05) is 35.9 Å². The minimum Gasteiger partial charge on any atom is -0.381 e. The normalized spacial score (nSPS) is 15.8. The predicted octanol–water partition coefficient (Wildman–Crippen LogP) is 3.85. The molecule has 3 heterocycles. The smallest absolute Gasteiger partial charge is 0.139 e. The first-order valence-corrected chi connectivity index (χ1v) is 8.84. The van der Waals surface area contributed by atoms with Gasteiger partial charge >= 0.3 is 0 Å². The maximum Gasteiger partial charge on any atom is 0.139 e. The van der Waals surface area contributed by atoms with Gasteiger partial charge in [0, 0.05) is 42.9 Å². The first kappa shape index (κ1) is 17.7. The highest BCUT2D eigenvalue weighted by Crippen LogP contribution is 2.22. The van der Waals surface area contributed by atoms with Crippen molar-refractivity contribution in [3.8, 4) is 0 Å². The van der Waals surface area contributed by atoms with Crippen molar-refractivity contribution < 1.29 is 4.74 Å². The van der Waals surface area contributed by atoms with Crippen molar-refractivity contribution in [3.63, 3.8) is 0 Å². The summed E-state index contributed by atoms with van der Waals surface area (Å²) >= 11 is 5.77. The molecule has 2 aromatic rings. The number of aromatic nitrogens is 4. The molecule has 0 amide bonds. The number of halogens is 1. The first-order valence-electron chi connectivity index (χ1n) is 8.46. The molecular weight excluding hydrogens is 336 g/mol. The lowest BCUT2D eigenvalue weighted by Crippen LogP contribution is -1.92. The summed E-state index contributed by atoms with van der Waals surface area (Å²) in [6, 6.07) is 0. The predicted molar refractivity (Wildman–Crippen MR) is 99.3 cm³/mol. The summed E-state index contributed by atoms with van der Waals surface area (Å²) in [5.74, 6) is 0. The van der Waals surface area contributed by atoms with Gasteiger partial charge in [0.05, 0.1) is 11.4 Å². The monoisotopic (exact) mass is 356 g/mol. The summed E-state index contributed by atoms with van der Waals surface area (Å²) < 4.78 is 4.94. The average molecular weight is 357 g/mol. The molecule has 1 saturated heterocycles. The van der Waals surface area contributed by atoms with E-state index in [0.717, 1.165) is 48.7 Å². The van der Waals surface area contributed by atoms with E-state index in [1.54, 1.807) is 6.33 Å². The standard InChI is InChI=1S/C8H8N2.C7H5ClN2.C4H8O/c1-6-7-3-2-4-8(7)10-5-9-6;8-7-5-2-1-3-6(5)9-4-10-7;1-2-4-5-3-1/h2-3,5H,4H2,1H3;1-2,4H,3H2;1-4H2. The number of hydrogen-bond acceptors (Lipinski definition) is 5. The molecule has 25 heavy (non-hydrogen) atoms. The maximum atomic E-state index is 5.77. The average Bonchev–Trinajstić information content (AvgIpc) is 3.38. The van der Waals surface area contributed by atoms with E-state index < -0.39 is 0 Å². The van der Waals surface area contributed by atoms with Crippen LogP contribution in [0.2, 0.25) is 5.15 Å². The first-order chi connectivity index (χ1) is 12.3. The molecule has 0 atom stereocenters. The van der Waals surface area contributed by atoms with Crippen molar-refractivity contribution in [1.29, 1.82) is 0 Å². The second-order valence-electron chi connectivity index (χ2n) is 5.88. The molecule has 0 spiro atoms. The number of rotatable bonds is 0. The molecule has 1 aliphatic heterocycles. The zero-order chi connectivity index (χ0) is 17.5. The Bertz CT molecular complexity index is 716. The molecular formula is C19H21ClN4O. The van der Waals surface area contributed by atoms with Crippen LogP contribution in [0.15, 0.2) is 24.8 Å². The van der Waals surface area contributed by atoms with Gasteiger partial charge in [-0.2, -0.15) is 0 Å². The number of aryl methyl sites for hydroxylation is 1. The van der Waals surface area contributed by atoms with Crippen LogP contribution in [0.25, 0.3) is 12.2 Å². The number of nitrogens with zero attached hydrogens (tertiary/aromatic N) is 4. The van der Waals surface area contributed by atoms with Gasteiger partial charge in [-0.05, 0) is 19.8 Å². The molecule has 1 fully saturated rings. The summed E-state index contributed by atoms with van der Waals surface area (Å²) in [6.45, 7) is 4.01. The summed E-state index contributed by atoms with van der Waals surface area (Å²) in [5.41, 5.74) is 5.46. The van der Waals surface area contributed by atoms with Gasteiger partial charge in [-0.25, -0.2) is 19.9 Å². The second-order valence-corrected chi connectivity index (χ2v) is 6.23. The minimum absolute atomic E-state index is 0.554. The Morgan fingerprint density at radius 2 is 1.44 bits per heavy atom. The zero-order valence-electron chi connectivity index (χ0n) is 14.3. The molecule has 0 aromatic carbocycles.